The van der Waals surface area contributed by atoms with Crippen molar-refractivity contribution in [1.82, 2.24) is 39.7 Å². The second-order valence-corrected chi connectivity index (χ2v) is 8.62. The third-order valence-corrected chi connectivity index (χ3v) is 6.26. The van der Waals surface area contributed by atoms with E-state index < -0.39 is 18.1 Å². The molecule has 1 aliphatic rings. The number of amides is 2. The summed E-state index contributed by atoms with van der Waals surface area (Å²) in [7, 11) is 0. The zero-order valence-electron chi connectivity index (χ0n) is 18.2. The predicted molar refractivity (Wildman–Crippen MR) is 118 cm³/mol. The number of aliphatic hydroxyl groups excluding tert-OH is 1. The SMILES string of the molecule is CC1[C@@H](C)C[C@@H](C(=O)NCc2cc(Cl)ccc2-n2cncn2)N1C(=O)C(O)Cn1cncn1. The number of benzene rings is 1. The van der Waals surface area contributed by atoms with Crippen LogP contribution < -0.4 is 5.32 Å². The zero-order valence-corrected chi connectivity index (χ0v) is 19.0. The standard InChI is InChI=1S/C21H25ClN8O3/c1-13-5-18(30(14(13)2)21(33)19(31)8-28-11-23-9-26-28)20(32)25-7-15-6-16(22)3-4-17(15)29-12-24-10-27-29/h3-4,6,9-14,18-19,31H,5,7-8H2,1-2H3,(H,25,32)/t13-,14?,18-,19?/m0/s1. The number of carbonyl (C=O) groups is 2. The van der Waals surface area contributed by atoms with Crippen molar-refractivity contribution in [3.63, 3.8) is 0 Å². The summed E-state index contributed by atoms with van der Waals surface area (Å²) in [5.41, 5.74) is 1.49. The molecular formula is C21H25ClN8O3. The first kappa shape index (κ1) is 22.9. The number of hydrogen-bond acceptors (Lipinski definition) is 7. The second kappa shape index (κ2) is 9.67. The summed E-state index contributed by atoms with van der Waals surface area (Å²) in [6.45, 7) is 4.03. The first-order valence-corrected chi connectivity index (χ1v) is 11.0. The molecule has 0 aliphatic carbocycles. The van der Waals surface area contributed by atoms with Gasteiger partial charge in [0.05, 0.1) is 12.2 Å². The van der Waals surface area contributed by atoms with E-state index >= 15 is 0 Å². The van der Waals surface area contributed by atoms with Crippen molar-refractivity contribution >= 4 is 23.4 Å². The Morgan fingerprint density at radius 1 is 1.21 bits per heavy atom. The Morgan fingerprint density at radius 2 is 1.97 bits per heavy atom. The maximum absolute atomic E-state index is 13.2. The number of nitrogens with one attached hydrogen (secondary N) is 1. The van der Waals surface area contributed by atoms with E-state index in [-0.39, 0.29) is 31.0 Å². The monoisotopic (exact) mass is 472 g/mol. The van der Waals surface area contributed by atoms with Crippen LogP contribution in [0.5, 0.6) is 0 Å². The van der Waals surface area contributed by atoms with Crippen LogP contribution in [0.25, 0.3) is 5.69 Å². The summed E-state index contributed by atoms with van der Waals surface area (Å²) >= 11 is 6.17. The third kappa shape index (κ3) is 4.88. The molecule has 0 spiro atoms. The minimum absolute atomic E-state index is 0.0332. The number of rotatable bonds is 7. The van der Waals surface area contributed by atoms with Crippen LogP contribution in [-0.2, 0) is 22.7 Å². The molecule has 1 fully saturated rings. The van der Waals surface area contributed by atoms with Gasteiger partial charge in [-0.05, 0) is 43.0 Å². The van der Waals surface area contributed by atoms with Crippen LogP contribution in [0.15, 0.2) is 43.5 Å². The van der Waals surface area contributed by atoms with Gasteiger partial charge in [-0.25, -0.2) is 19.3 Å². The molecular weight excluding hydrogens is 448 g/mol. The maximum atomic E-state index is 13.2. The lowest BCUT2D eigenvalue weighted by molar-refractivity contribution is -0.148. The van der Waals surface area contributed by atoms with Crippen molar-refractivity contribution in [2.45, 2.75) is 51.5 Å². The number of nitrogens with zero attached hydrogens (tertiary/aromatic N) is 7. The van der Waals surface area contributed by atoms with Gasteiger partial charge in [0.25, 0.3) is 5.91 Å². The molecule has 3 heterocycles. The van der Waals surface area contributed by atoms with Gasteiger partial charge < -0.3 is 15.3 Å². The molecule has 1 aromatic carbocycles. The van der Waals surface area contributed by atoms with Gasteiger partial charge in [0.15, 0.2) is 6.10 Å². The normalized spacial score (nSPS) is 21.2. The highest BCUT2D eigenvalue weighted by Crippen LogP contribution is 2.30. The summed E-state index contributed by atoms with van der Waals surface area (Å²) in [4.78, 5) is 35.5. The lowest BCUT2D eigenvalue weighted by Gasteiger charge is -2.30. The van der Waals surface area contributed by atoms with Gasteiger partial charge in [-0.2, -0.15) is 10.2 Å². The van der Waals surface area contributed by atoms with Gasteiger partial charge >= 0.3 is 0 Å². The van der Waals surface area contributed by atoms with Gasteiger partial charge in [0.1, 0.15) is 31.4 Å². The van der Waals surface area contributed by atoms with Crippen molar-refractivity contribution in [3.8, 4) is 5.69 Å². The molecule has 174 valence electrons. The van der Waals surface area contributed by atoms with Crippen LogP contribution in [0, 0.1) is 5.92 Å². The number of likely N-dealkylation sites (tertiary alicyclic amines) is 1. The van der Waals surface area contributed by atoms with Crippen molar-refractivity contribution in [2.75, 3.05) is 0 Å². The average molecular weight is 473 g/mol. The maximum Gasteiger partial charge on any atom is 0.254 e. The summed E-state index contributed by atoms with van der Waals surface area (Å²) in [6.07, 6.45) is 4.91. The Balaban J connectivity index is 1.48. The number of aliphatic hydroxyl groups is 1. The molecule has 11 nitrogen and oxygen atoms in total. The molecule has 4 atom stereocenters. The molecule has 3 aromatic rings. The first-order valence-electron chi connectivity index (χ1n) is 10.6. The highest BCUT2D eigenvalue weighted by atomic mass is 35.5. The average Bonchev–Trinajstić information content (AvgIpc) is 3.55. The smallest absolute Gasteiger partial charge is 0.254 e. The van der Waals surface area contributed by atoms with E-state index in [1.807, 2.05) is 13.8 Å². The van der Waals surface area contributed by atoms with Gasteiger partial charge in [-0.15, -0.1) is 0 Å². The lowest BCUT2D eigenvalue weighted by Crippen LogP contribution is -2.52. The second-order valence-electron chi connectivity index (χ2n) is 8.18. The fourth-order valence-electron chi connectivity index (χ4n) is 4.11. The Bertz CT molecular complexity index is 1100. The van der Waals surface area contributed by atoms with Gasteiger partial charge in [0.2, 0.25) is 5.91 Å². The van der Waals surface area contributed by atoms with E-state index in [1.54, 1.807) is 29.2 Å². The predicted octanol–water partition coefficient (Wildman–Crippen LogP) is 0.815. The van der Waals surface area contributed by atoms with E-state index in [4.69, 9.17) is 11.6 Å². The molecule has 4 rings (SSSR count). The summed E-state index contributed by atoms with van der Waals surface area (Å²) in [5.74, 6) is -0.703. The molecule has 12 heteroatoms. The van der Waals surface area contributed by atoms with Crippen molar-refractivity contribution in [3.05, 3.63) is 54.1 Å². The highest BCUT2D eigenvalue weighted by molar-refractivity contribution is 6.30. The minimum atomic E-state index is -1.33. The summed E-state index contributed by atoms with van der Waals surface area (Å²) in [6, 6.07) is 4.40. The number of aromatic nitrogens is 6. The van der Waals surface area contributed by atoms with Crippen molar-refractivity contribution in [1.29, 1.82) is 0 Å². The van der Waals surface area contributed by atoms with E-state index in [1.165, 1.54) is 28.6 Å². The van der Waals surface area contributed by atoms with E-state index in [2.05, 4.69) is 25.5 Å². The number of hydrogen-bond donors (Lipinski definition) is 2. The molecule has 2 amide bonds. The highest BCUT2D eigenvalue weighted by Gasteiger charge is 2.44. The summed E-state index contributed by atoms with van der Waals surface area (Å²) < 4.78 is 2.97. The van der Waals surface area contributed by atoms with Crippen molar-refractivity contribution in [2.24, 2.45) is 5.92 Å². The molecule has 0 bridgehead atoms. The third-order valence-electron chi connectivity index (χ3n) is 6.02. The quantitative estimate of drug-likeness (QED) is 0.520. The van der Waals surface area contributed by atoms with Crippen LogP contribution in [0.3, 0.4) is 0 Å². The largest absolute Gasteiger partial charge is 0.381 e. The molecule has 2 unspecified atom stereocenters. The first-order chi connectivity index (χ1) is 15.8. The lowest BCUT2D eigenvalue weighted by atomic mass is 10.0. The topological polar surface area (TPSA) is 131 Å². The molecule has 0 saturated carbocycles. The van der Waals surface area contributed by atoms with Gasteiger partial charge in [-0.3, -0.25) is 9.59 Å². The zero-order chi connectivity index (χ0) is 23.5. The van der Waals surface area contributed by atoms with Crippen LogP contribution in [0.1, 0.15) is 25.8 Å². The fourth-order valence-corrected chi connectivity index (χ4v) is 4.31. The van der Waals surface area contributed by atoms with E-state index in [9.17, 15) is 14.7 Å². The molecule has 2 N–H and O–H groups in total. The molecule has 0 radical (unpaired) electrons. The van der Waals surface area contributed by atoms with Crippen LogP contribution in [0.4, 0.5) is 0 Å². The molecule has 1 saturated heterocycles. The molecule has 2 aromatic heterocycles. The van der Waals surface area contributed by atoms with E-state index in [0.29, 0.717) is 11.4 Å². The number of halogens is 1. The van der Waals surface area contributed by atoms with Gasteiger partial charge in [0, 0.05) is 17.6 Å². The van der Waals surface area contributed by atoms with Gasteiger partial charge in [-0.1, -0.05) is 18.5 Å². The Labute approximate surface area is 195 Å². The Hall–Kier alpha value is -3.31. The molecule has 1 aliphatic heterocycles. The fraction of sp³-hybridized carbons (Fsp3) is 0.429. The Morgan fingerprint density at radius 3 is 2.67 bits per heavy atom. The van der Waals surface area contributed by atoms with Crippen LogP contribution >= 0.6 is 11.6 Å². The van der Waals surface area contributed by atoms with Crippen LogP contribution in [-0.4, -0.2) is 69.5 Å². The minimum Gasteiger partial charge on any atom is -0.381 e. The van der Waals surface area contributed by atoms with Crippen LogP contribution in [0.2, 0.25) is 5.02 Å². The van der Waals surface area contributed by atoms with E-state index in [0.717, 1.165) is 11.3 Å². The molecule has 33 heavy (non-hydrogen) atoms. The Kier molecular flexibility index (Phi) is 6.70. The summed E-state index contributed by atoms with van der Waals surface area (Å²) in [5, 5.41) is 22.0. The van der Waals surface area contributed by atoms with Crippen molar-refractivity contribution < 1.29 is 14.7 Å². The number of carbonyl (C=O) groups excluding carboxylic acids is 2.